The zero-order valence-corrected chi connectivity index (χ0v) is 11.3. The van der Waals surface area contributed by atoms with Gasteiger partial charge in [-0.15, -0.1) is 0 Å². The number of phenolic OH excluding ortho intramolecular Hbond substituents is 1. The topological polar surface area (TPSA) is 32.8 Å². The summed E-state index contributed by atoms with van der Waals surface area (Å²) in [5, 5.41) is 9.73. The summed E-state index contributed by atoms with van der Waals surface area (Å²) in [6, 6.07) is 5.95. The van der Waals surface area contributed by atoms with Crippen LogP contribution in [0.15, 0.2) is 18.2 Å². The maximum atomic E-state index is 9.73. The molecule has 2 nitrogen and oxygen atoms in total. The molecule has 1 aliphatic heterocycles. The molecular weight excluding hydrogens is 224 g/mol. The Morgan fingerprint density at radius 2 is 1.89 bits per heavy atom. The van der Waals surface area contributed by atoms with E-state index >= 15 is 0 Å². The lowest BCUT2D eigenvalue weighted by Gasteiger charge is -2.06. The Kier molecular flexibility index (Phi) is 5.06. The monoisotopic (exact) mass is 248 g/mol. The molecular formula is C16H24O2. The molecule has 1 heterocycles. The number of benzene rings is 1. The molecule has 0 bridgehead atoms. The summed E-state index contributed by atoms with van der Waals surface area (Å²) in [6.45, 7) is 3.01. The Morgan fingerprint density at radius 3 is 2.61 bits per heavy atom. The zero-order chi connectivity index (χ0) is 12.8. The van der Waals surface area contributed by atoms with Gasteiger partial charge in [0.25, 0.3) is 0 Å². The van der Waals surface area contributed by atoms with E-state index < -0.39 is 0 Å². The first kappa shape index (κ1) is 13.4. The summed E-state index contributed by atoms with van der Waals surface area (Å²) in [4.78, 5) is 0. The van der Waals surface area contributed by atoms with Crippen LogP contribution < -0.4 is 0 Å². The van der Waals surface area contributed by atoms with Crippen LogP contribution in [0.1, 0.15) is 62.7 Å². The smallest absolute Gasteiger partial charge is 0.121 e. The number of ether oxygens (including phenoxy) is 1. The highest BCUT2D eigenvalue weighted by molar-refractivity contribution is 5.39. The van der Waals surface area contributed by atoms with Gasteiger partial charge in [-0.3, -0.25) is 0 Å². The van der Waals surface area contributed by atoms with Gasteiger partial charge < -0.3 is 9.84 Å². The summed E-state index contributed by atoms with van der Waals surface area (Å²) in [5.74, 6) is 0.379. The summed E-state index contributed by atoms with van der Waals surface area (Å²) in [5.41, 5.74) is 2.30. The van der Waals surface area contributed by atoms with Crippen LogP contribution in [-0.4, -0.2) is 11.7 Å². The van der Waals surface area contributed by atoms with Gasteiger partial charge in [0, 0.05) is 5.56 Å². The number of aromatic hydroxyl groups is 1. The Morgan fingerprint density at radius 1 is 1.17 bits per heavy atom. The van der Waals surface area contributed by atoms with Gasteiger partial charge in [0.1, 0.15) is 11.9 Å². The lowest BCUT2D eigenvalue weighted by Crippen LogP contribution is -1.90. The van der Waals surface area contributed by atoms with E-state index in [0.717, 1.165) is 18.6 Å². The highest BCUT2D eigenvalue weighted by Crippen LogP contribution is 2.36. The average molecular weight is 248 g/mol. The molecule has 100 valence electrons. The third kappa shape index (κ3) is 4.02. The maximum absolute atomic E-state index is 9.73. The zero-order valence-electron chi connectivity index (χ0n) is 11.3. The van der Waals surface area contributed by atoms with Crippen LogP contribution in [0.4, 0.5) is 0 Å². The van der Waals surface area contributed by atoms with Crippen molar-refractivity contribution in [2.45, 2.75) is 58.0 Å². The standard InChI is InChI=1S/C16H24O2/c1-2-3-4-5-6-7-8-13-9-10-15(17)14(11-13)16-12-18-16/h9-11,16-17H,2-8,12H2,1H3. The molecule has 0 aromatic heterocycles. The van der Waals surface area contributed by atoms with Gasteiger partial charge in [0.05, 0.1) is 6.61 Å². The van der Waals surface area contributed by atoms with E-state index in [1.165, 1.54) is 44.1 Å². The summed E-state index contributed by atoms with van der Waals surface area (Å²) in [7, 11) is 0. The number of hydrogen-bond acceptors (Lipinski definition) is 2. The van der Waals surface area contributed by atoms with Crippen molar-refractivity contribution in [1.29, 1.82) is 0 Å². The molecule has 1 aromatic carbocycles. The van der Waals surface area contributed by atoms with Gasteiger partial charge in [0.15, 0.2) is 0 Å². The minimum absolute atomic E-state index is 0.148. The number of hydrogen-bond donors (Lipinski definition) is 1. The molecule has 0 amide bonds. The lowest BCUT2D eigenvalue weighted by atomic mass is 10.0. The number of epoxide rings is 1. The third-order valence-electron chi connectivity index (χ3n) is 3.59. The summed E-state index contributed by atoms with van der Waals surface area (Å²) >= 11 is 0. The van der Waals surface area contributed by atoms with Crippen molar-refractivity contribution >= 4 is 0 Å². The van der Waals surface area contributed by atoms with E-state index in [4.69, 9.17) is 4.74 Å². The fourth-order valence-electron chi connectivity index (χ4n) is 2.35. The first-order chi connectivity index (χ1) is 8.81. The van der Waals surface area contributed by atoms with Crippen LogP contribution >= 0.6 is 0 Å². The lowest BCUT2D eigenvalue weighted by molar-refractivity contribution is 0.400. The van der Waals surface area contributed by atoms with Crippen molar-refractivity contribution in [3.05, 3.63) is 29.3 Å². The molecule has 0 spiro atoms. The van der Waals surface area contributed by atoms with Crippen molar-refractivity contribution in [3.63, 3.8) is 0 Å². The molecule has 1 saturated heterocycles. The van der Waals surface area contributed by atoms with Crippen molar-refractivity contribution in [1.82, 2.24) is 0 Å². The van der Waals surface area contributed by atoms with Crippen LogP contribution in [0.25, 0.3) is 0 Å². The van der Waals surface area contributed by atoms with E-state index in [-0.39, 0.29) is 6.10 Å². The van der Waals surface area contributed by atoms with Crippen LogP contribution in [0.2, 0.25) is 0 Å². The van der Waals surface area contributed by atoms with E-state index in [9.17, 15) is 5.11 Å². The van der Waals surface area contributed by atoms with Crippen LogP contribution in [0, 0.1) is 0 Å². The predicted molar refractivity (Wildman–Crippen MR) is 73.9 cm³/mol. The first-order valence-electron chi connectivity index (χ1n) is 7.24. The molecule has 2 heteroatoms. The van der Waals surface area contributed by atoms with E-state index in [0.29, 0.717) is 5.75 Å². The van der Waals surface area contributed by atoms with Gasteiger partial charge in [-0.1, -0.05) is 45.1 Å². The minimum atomic E-state index is 0.148. The highest BCUT2D eigenvalue weighted by atomic mass is 16.6. The SMILES string of the molecule is CCCCCCCCc1ccc(O)c(C2CO2)c1. The van der Waals surface area contributed by atoms with Crippen LogP contribution in [0.3, 0.4) is 0 Å². The fraction of sp³-hybridized carbons (Fsp3) is 0.625. The van der Waals surface area contributed by atoms with Gasteiger partial charge in [-0.05, 0) is 30.5 Å². The predicted octanol–water partition coefficient (Wildman–Crippen LogP) is 4.37. The third-order valence-corrected chi connectivity index (χ3v) is 3.59. The molecule has 0 radical (unpaired) electrons. The van der Waals surface area contributed by atoms with E-state index in [1.54, 1.807) is 0 Å². The van der Waals surface area contributed by atoms with E-state index in [1.807, 2.05) is 12.1 Å². The molecule has 1 fully saturated rings. The fourth-order valence-corrected chi connectivity index (χ4v) is 2.35. The van der Waals surface area contributed by atoms with Gasteiger partial charge in [0.2, 0.25) is 0 Å². The molecule has 1 N–H and O–H groups in total. The van der Waals surface area contributed by atoms with E-state index in [2.05, 4.69) is 13.0 Å². The molecule has 1 unspecified atom stereocenters. The van der Waals surface area contributed by atoms with Crippen molar-refractivity contribution in [3.8, 4) is 5.75 Å². The second-order valence-electron chi connectivity index (χ2n) is 5.23. The molecule has 1 atom stereocenters. The Labute approximate surface area is 110 Å². The molecule has 1 aliphatic rings. The second kappa shape index (κ2) is 6.79. The van der Waals surface area contributed by atoms with Gasteiger partial charge in [-0.25, -0.2) is 0 Å². The van der Waals surface area contributed by atoms with Gasteiger partial charge in [-0.2, -0.15) is 0 Å². The maximum Gasteiger partial charge on any atom is 0.121 e. The number of aryl methyl sites for hydroxylation is 1. The van der Waals surface area contributed by atoms with Crippen molar-refractivity contribution in [2.75, 3.05) is 6.61 Å². The Bertz CT molecular complexity index is 369. The molecule has 2 rings (SSSR count). The van der Waals surface area contributed by atoms with Crippen LogP contribution in [0.5, 0.6) is 5.75 Å². The Balaban J connectivity index is 1.74. The van der Waals surface area contributed by atoms with Crippen molar-refractivity contribution in [2.24, 2.45) is 0 Å². The number of unbranched alkanes of at least 4 members (excludes halogenated alkanes) is 5. The largest absolute Gasteiger partial charge is 0.508 e. The van der Waals surface area contributed by atoms with Crippen LogP contribution in [-0.2, 0) is 11.2 Å². The number of rotatable bonds is 8. The average Bonchev–Trinajstić information content (AvgIpc) is 3.20. The number of phenols is 1. The minimum Gasteiger partial charge on any atom is -0.508 e. The molecule has 1 aromatic rings. The Hall–Kier alpha value is -1.02. The second-order valence-corrected chi connectivity index (χ2v) is 5.23. The normalized spacial score (nSPS) is 17.9. The highest BCUT2D eigenvalue weighted by Gasteiger charge is 2.27. The summed E-state index contributed by atoms with van der Waals surface area (Å²) in [6.07, 6.45) is 9.22. The van der Waals surface area contributed by atoms with Crippen molar-refractivity contribution < 1.29 is 9.84 Å². The quantitative estimate of drug-likeness (QED) is 0.547. The molecule has 0 saturated carbocycles. The molecule has 0 aliphatic carbocycles. The summed E-state index contributed by atoms with van der Waals surface area (Å²) < 4.78 is 5.24. The molecule has 18 heavy (non-hydrogen) atoms. The first-order valence-corrected chi connectivity index (χ1v) is 7.24. The van der Waals surface area contributed by atoms with Gasteiger partial charge >= 0.3 is 0 Å².